The Morgan fingerprint density at radius 2 is 1.75 bits per heavy atom. The molecule has 3 heteroatoms. The van der Waals surface area contributed by atoms with Crippen molar-refractivity contribution in [1.29, 1.82) is 0 Å². The van der Waals surface area contributed by atoms with E-state index in [2.05, 4.69) is 0 Å². The van der Waals surface area contributed by atoms with Crippen molar-refractivity contribution in [3.05, 3.63) is 64.7 Å². The summed E-state index contributed by atoms with van der Waals surface area (Å²) in [7, 11) is 0. The molecule has 0 aliphatic rings. The van der Waals surface area contributed by atoms with Crippen LogP contribution in [0, 0.1) is 13.8 Å². The number of hydrogen-bond acceptors (Lipinski definition) is 2. The van der Waals surface area contributed by atoms with Crippen LogP contribution in [0.4, 0.5) is 0 Å². The molecule has 0 aromatic heterocycles. The van der Waals surface area contributed by atoms with E-state index in [1.54, 1.807) is 24.3 Å². The first-order chi connectivity index (χ1) is 9.49. The number of aryl methyl sites for hydroxylation is 2. The molecular weight excluding hydrogens is 252 g/mol. The number of para-hydroxylation sites is 1. The lowest BCUT2D eigenvalue weighted by atomic mass is 9.98. The third-order valence-corrected chi connectivity index (χ3v) is 3.28. The van der Waals surface area contributed by atoms with Crippen molar-refractivity contribution in [2.75, 3.05) is 0 Å². The Morgan fingerprint density at radius 3 is 2.35 bits per heavy atom. The van der Waals surface area contributed by atoms with Crippen molar-refractivity contribution < 1.29 is 15.0 Å². The Kier molecular flexibility index (Phi) is 3.89. The second-order valence-corrected chi connectivity index (χ2v) is 4.72. The van der Waals surface area contributed by atoms with Crippen molar-refractivity contribution in [1.82, 2.24) is 0 Å². The summed E-state index contributed by atoms with van der Waals surface area (Å²) < 4.78 is 0. The zero-order chi connectivity index (χ0) is 14.7. The third-order valence-electron chi connectivity index (χ3n) is 3.28. The lowest BCUT2D eigenvalue weighted by Crippen LogP contribution is -2.00. The molecular formula is C17H16O3. The van der Waals surface area contributed by atoms with Crippen LogP contribution in [-0.4, -0.2) is 16.2 Å². The number of benzene rings is 2. The van der Waals surface area contributed by atoms with E-state index >= 15 is 0 Å². The minimum absolute atomic E-state index is 0.0649. The van der Waals surface area contributed by atoms with Crippen LogP contribution in [0.1, 0.15) is 22.3 Å². The Labute approximate surface area is 117 Å². The zero-order valence-corrected chi connectivity index (χ0v) is 11.4. The second kappa shape index (κ2) is 5.61. The highest BCUT2D eigenvalue weighted by Crippen LogP contribution is 2.25. The third kappa shape index (κ3) is 2.88. The van der Waals surface area contributed by atoms with Crippen LogP contribution in [0.2, 0.25) is 0 Å². The van der Waals surface area contributed by atoms with Gasteiger partial charge in [0.05, 0.1) is 5.57 Å². The average Bonchev–Trinajstić information content (AvgIpc) is 2.41. The molecule has 0 unspecified atom stereocenters. The maximum atomic E-state index is 11.5. The molecule has 0 fully saturated rings. The van der Waals surface area contributed by atoms with E-state index in [0.717, 1.165) is 11.1 Å². The van der Waals surface area contributed by atoms with E-state index in [1.165, 1.54) is 12.1 Å². The molecule has 102 valence electrons. The first kappa shape index (κ1) is 13.9. The summed E-state index contributed by atoms with van der Waals surface area (Å²) in [5.74, 6) is -0.952. The highest BCUT2D eigenvalue weighted by atomic mass is 16.4. The average molecular weight is 268 g/mol. The van der Waals surface area contributed by atoms with Crippen molar-refractivity contribution in [3.63, 3.8) is 0 Å². The van der Waals surface area contributed by atoms with Crippen LogP contribution >= 0.6 is 0 Å². The van der Waals surface area contributed by atoms with Crippen molar-refractivity contribution in [2.24, 2.45) is 0 Å². The molecule has 0 saturated carbocycles. The molecule has 2 N–H and O–H groups in total. The van der Waals surface area contributed by atoms with Gasteiger partial charge in [0.1, 0.15) is 5.75 Å². The van der Waals surface area contributed by atoms with Gasteiger partial charge in [0.25, 0.3) is 0 Å². The predicted octanol–water partition coefficient (Wildman–Crippen LogP) is 3.63. The Morgan fingerprint density at radius 1 is 1.05 bits per heavy atom. The SMILES string of the molecule is Cc1ccc(/C(=C/c2ccccc2O)C(=O)O)cc1C. The second-order valence-electron chi connectivity index (χ2n) is 4.72. The summed E-state index contributed by atoms with van der Waals surface area (Å²) in [5.41, 5.74) is 3.43. The molecule has 3 nitrogen and oxygen atoms in total. The molecule has 0 aliphatic heterocycles. The van der Waals surface area contributed by atoms with E-state index in [4.69, 9.17) is 0 Å². The normalized spacial score (nSPS) is 11.4. The number of carbonyl (C=O) groups is 1. The largest absolute Gasteiger partial charge is 0.507 e. The minimum atomic E-state index is -1.02. The van der Waals surface area contributed by atoms with Gasteiger partial charge in [0, 0.05) is 5.56 Å². The standard InChI is InChI=1S/C17H16O3/c1-11-7-8-13(9-12(11)2)15(17(19)20)10-14-5-3-4-6-16(14)18/h3-10,18H,1-2H3,(H,19,20)/b15-10-. The summed E-state index contributed by atoms with van der Waals surface area (Å²) in [5, 5.41) is 19.1. The van der Waals surface area contributed by atoms with Gasteiger partial charge < -0.3 is 10.2 Å². The van der Waals surface area contributed by atoms with Crippen LogP contribution in [0.5, 0.6) is 5.75 Å². The van der Waals surface area contributed by atoms with Gasteiger partial charge in [0.15, 0.2) is 0 Å². The van der Waals surface area contributed by atoms with Gasteiger partial charge in [-0.3, -0.25) is 0 Å². The zero-order valence-electron chi connectivity index (χ0n) is 11.4. The van der Waals surface area contributed by atoms with Crippen molar-refractivity contribution in [3.8, 4) is 5.75 Å². The van der Waals surface area contributed by atoms with Crippen molar-refractivity contribution >= 4 is 17.6 Å². The summed E-state index contributed by atoms with van der Waals surface area (Å²) in [4.78, 5) is 11.5. The fourth-order valence-electron chi connectivity index (χ4n) is 1.94. The highest BCUT2D eigenvalue weighted by Gasteiger charge is 2.12. The van der Waals surface area contributed by atoms with E-state index in [1.807, 2.05) is 26.0 Å². The van der Waals surface area contributed by atoms with E-state index in [0.29, 0.717) is 11.1 Å². The number of aromatic hydroxyl groups is 1. The fraction of sp³-hybridized carbons (Fsp3) is 0.118. The highest BCUT2D eigenvalue weighted by molar-refractivity contribution is 6.20. The van der Waals surface area contributed by atoms with Crippen LogP contribution < -0.4 is 0 Å². The Balaban J connectivity index is 2.54. The number of hydrogen-bond donors (Lipinski definition) is 2. The maximum absolute atomic E-state index is 11.5. The molecule has 0 atom stereocenters. The number of carboxylic acid groups (broad SMARTS) is 1. The molecule has 2 rings (SSSR count). The number of aliphatic carboxylic acids is 1. The van der Waals surface area contributed by atoms with Gasteiger partial charge in [-0.15, -0.1) is 0 Å². The minimum Gasteiger partial charge on any atom is -0.507 e. The smallest absolute Gasteiger partial charge is 0.336 e. The first-order valence-corrected chi connectivity index (χ1v) is 6.29. The fourth-order valence-corrected chi connectivity index (χ4v) is 1.94. The number of phenols is 1. The first-order valence-electron chi connectivity index (χ1n) is 6.29. The molecule has 2 aromatic rings. The maximum Gasteiger partial charge on any atom is 0.336 e. The molecule has 0 radical (unpaired) electrons. The van der Waals surface area contributed by atoms with Gasteiger partial charge in [-0.2, -0.15) is 0 Å². The molecule has 0 saturated heterocycles. The molecule has 0 spiro atoms. The number of phenolic OH excluding ortho intramolecular Hbond substituents is 1. The van der Waals surface area contributed by atoms with Gasteiger partial charge in [-0.1, -0.05) is 36.4 Å². The van der Waals surface area contributed by atoms with Crippen LogP contribution in [0.15, 0.2) is 42.5 Å². The molecule has 20 heavy (non-hydrogen) atoms. The van der Waals surface area contributed by atoms with E-state index in [9.17, 15) is 15.0 Å². The summed E-state index contributed by atoms with van der Waals surface area (Å²) >= 11 is 0. The quantitative estimate of drug-likeness (QED) is 0.660. The topological polar surface area (TPSA) is 57.5 Å². The summed E-state index contributed by atoms with van der Waals surface area (Å²) in [6.45, 7) is 3.92. The number of carboxylic acids is 1. The monoisotopic (exact) mass is 268 g/mol. The number of rotatable bonds is 3. The Bertz CT molecular complexity index is 684. The summed E-state index contributed by atoms with van der Waals surface area (Å²) in [6.07, 6.45) is 1.49. The van der Waals surface area contributed by atoms with Gasteiger partial charge in [0.2, 0.25) is 0 Å². The lowest BCUT2D eigenvalue weighted by molar-refractivity contribution is -0.130. The molecule has 0 heterocycles. The van der Waals surface area contributed by atoms with Crippen molar-refractivity contribution in [2.45, 2.75) is 13.8 Å². The van der Waals surface area contributed by atoms with Crippen LogP contribution in [-0.2, 0) is 4.79 Å². The molecule has 0 bridgehead atoms. The van der Waals surface area contributed by atoms with Crippen LogP contribution in [0.3, 0.4) is 0 Å². The van der Waals surface area contributed by atoms with E-state index < -0.39 is 5.97 Å². The molecule has 0 amide bonds. The Hall–Kier alpha value is -2.55. The predicted molar refractivity (Wildman–Crippen MR) is 79.5 cm³/mol. The molecule has 0 aliphatic carbocycles. The lowest BCUT2D eigenvalue weighted by Gasteiger charge is -2.07. The molecule has 2 aromatic carbocycles. The van der Waals surface area contributed by atoms with Gasteiger partial charge >= 0.3 is 5.97 Å². The van der Waals surface area contributed by atoms with Gasteiger partial charge in [-0.25, -0.2) is 4.79 Å². The summed E-state index contributed by atoms with van der Waals surface area (Å²) in [6, 6.07) is 12.2. The van der Waals surface area contributed by atoms with Gasteiger partial charge in [-0.05, 0) is 42.7 Å². The van der Waals surface area contributed by atoms with Crippen LogP contribution in [0.25, 0.3) is 11.6 Å². The van der Waals surface area contributed by atoms with E-state index in [-0.39, 0.29) is 11.3 Å².